The largest absolute Gasteiger partial charge is 0.414 e. The summed E-state index contributed by atoms with van der Waals surface area (Å²) in [6, 6.07) is 9.48. The number of hydrogen-bond acceptors (Lipinski definition) is 4. The van der Waals surface area contributed by atoms with Gasteiger partial charge in [-0.05, 0) is 46.6 Å². The lowest BCUT2D eigenvalue weighted by Gasteiger charge is -2.15. The lowest BCUT2D eigenvalue weighted by Crippen LogP contribution is -2.25. The molecule has 0 saturated carbocycles. The number of halogens is 1. The highest BCUT2D eigenvalue weighted by molar-refractivity contribution is 9.10. The predicted octanol–water partition coefficient (Wildman–Crippen LogP) is 3.91. The zero-order valence-electron chi connectivity index (χ0n) is 12.4. The molecule has 0 saturated heterocycles. The summed E-state index contributed by atoms with van der Waals surface area (Å²) in [5.74, 6) is 0.440. The Labute approximate surface area is 136 Å². The standard InChI is InChI=1S/C16H14BrN3O2/c1-9-8-10(17)13-14(15(9)22-16(21)20(2)3)19-12-7-5-4-6-11(12)18-13/h4-8H,1-3H3. The first-order chi connectivity index (χ1) is 10.5. The third-order valence-electron chi connectivity index (χ3n) is 3.27. The van der Waals surface area contributed by atoms with E-state index in [4.69, 9.17) is 4.74 Å². The average molecular weight is 360 g/mol. The summed E-state index contributed by atoms with van der Waals surface area (Å²) < 4.78 is 6.31. The molecule has 0 atom stereocenters. The molecule has 0 bridgehead atoms. The van der Waals surface area contributed by atoms with Crippen LogP contribution in [0, 0.1) is 6.92 Å². The van der Waals surface area contributed by atoms with E-state index in [0.29, 0.717) is 16.8 Å². The normalized spacial score (nSPS) is 10.9. The van der Waals surface area contributed by atoms with Crippen molar-refractivity contribution in [3.05, 3.63) is 40.4 Å². The number of para-hydroxylation sites is 2. The second kappa shape index (κ2) is 5.53. The molecule has 0 fully saturated rings. The van der Waals surface area contributed by atoms with Gasteiger partial charge in [0.05, 0.1) is 11.0 Å². The van der Waals surface area contributed by atoms with Crippen molar-refractivity contribution in [2.45, 2.75) is 6.92 Å². The van der Waals surface area contributed by atoms with Crippen LogP contribution in [0.4, 0.5) is 4.79 Å². The van der Waals surface area contributed by atoms with Gasteiger partial charge in [-0.1, -0.05) is 12.1 Å². The molecule has 0 aliphatic rings. The number of ether oxygens (including phenoxy) is 1. The molecule has 1 aromatic heterocycles. The van der Waals surface area contributed by atoms with Gasteiger partial charge in [-0.25, -0.2) is 14.8 Å². The van der Waals surface area contributed by atoms with Gasteiger partial charge in [0.25, 0.3) is 0 Å². The first kappa shape index (κ1) is 14.7. The van der Waals surface area contributed by atoms with Gasteiger partial charge in [0.15, 0.2) is 5.75 Å². The van der Waals surface area contributed by atoms with Crippen molar-refractivity contribution in [1.82, 2.24) is 14.9 Å². The van der Waals surface area contributed by atoms with Crippen LogP contribution >= 0.6 is 15.9 Å². The maximum absolute atomic E-state index is 11.9. The van der Waals surface area contributed by atoms with Crippen molar-refractivity contribution in [2.75, 3.05) is 14.1 Å². The molecule has 3 aromatic rings. The van der Waals surface area contributed by atoms with Crippen LogP contribution in [0.15, 0.2) is 34.8 Å². The number of amides is 1. The van der Waals surface area contributed by atoms with Crippen LogP contribution in [0.5, 0.6) is 5.75 Å². The number of nitrogens with zero attached hydrogens (tertiary/aromatic N) is 3. The van der Waals surface area contributed by atoms with Crippen LogP contribution in [-0.4, -0.2) is 35.1 Å². The van der Waals surface area contributed by atoms with Crippen LogP contribution in [0.25, 0.3) is 22.1 Å². The maximum atomic E-state index is 11.9. The molecule has 5 nitrogen and oxygen atoms in total. The number of rotatable bonds is 1. The Morgan fingerprint density at radius 3 is 2.32 bits per heavy atom. The minimum absolute atomic E-state index is 0.440. The Balaban J connectivity index is 2.30. The van der Waals surface area contributed by atoms with E-state index in [-0.39, 0.29) is 0 Å². The third-order valence-corrected chi connectivity index (χ3v) is 3.87. The first-order valence-electron chi connectivity index (χ1n) is 6.72. The summed E-state index contributed by atoms with van der Waals surface area (Å²) in [5, 5.41) is 0. The van der Waals surface area contributed by atoms with Crippen molar-refractivity contribution in [2.24, 2.45) is 0 Å². The number of hydrogen-bond donors (Lipinski definition) is 0. The fourth-order valence-electron chi connectivity index (χ4n) is 2.14. The highest BCUT2D eigenvalue weighted by atomic mass is 79.9. The van der Waals surface area contributed by atoms with E-state index >= 15 is 0 Å². The Morgan fingerprint density at radius 2 is 1.73 bits per heavy atom. The predicted molar refractivity (Wildman–Crippen MR) is 89.2 cm³/mol. The lowest BCUT2D eigenvalue weighted by atomic mass is 10.1. The highest BCUT2D eigenvalue weighted by Crippen LogP contribution is 2.34. The van der Waals surface area contributed by atoms with E-state index < -0.39 is 6.09 Å². The molecule has 1 amide bonds. The van der Waals surface area contributed by atoms with Crippen LogP contribution in [0.2, 0.25) is 0 Å². The van der Waals surface area contributed by atoms with Gasteiger partial charge < -0.3 is 9.64 Å². The van der Waals surface area contributed by atoms with Crippen LogP contribution < -0.4 is 4.74 Å². The zero-order valence-corrected chi connectivity index (χ0v) is 14.0. The summed E-state index contributed by atoms with van der Waals surface area (Å²) in [4.78, 5) is 22.5. The molecule has 6 heteroatoms. The van der Waals surface area contributed by atoms with Gasteiger partial charge in [-0.3, -0.25) is 0 Å². The monoisotopic (exact) mass is 359 g/mol. The van der Waals surface area contributed by atoms with Gasteiger partial charge in [-0.15, -0.1) is 0 Å². The Morgan fingerprint density at radius 1 is 1.14 bits per heavy atom. The molecule has 0 aliphatic carbocycles. The van der Waals surface area contributed by atoms with Gasteiger partial charge in [0, 0.05) is 18.6 Å². The minimum Gasteiger partial charge on any atom is -0.408 e. The Hall–Kier alpha value is -2.21. The number of carbonyl (C=O) groups is 1. The summed E-state index contributed by atoms with van der Waals surface area (Å²) in [7, 11) is 3.28. The van der Waals surface area contributed by atoms with Crippen LogP contribution in [0.1, 0.15) is 5.56 Å². The molecule has 0 radical (unpaired) electrons. The van der Waals surface area contributed by atoms with E-state index in [0.717, 1.165) is 21.1 Å². The van der Waals surface area contributed by atoms with Crippen LogP contribution in [-0.2, 0) is 0 Å². The summed E-state index contributed by atoms with van der Waals surface area (Å²) in [6.45, 7) is 1.87. The fourth-order valence-corrected chi connectivity index (χ4v) is 2.76. The van der Waals surface area contributed by atoms with Crippen molar-refractivity contribution in [3.8, 4) is 5.75 Å². The van der Waals surface area contributed by atoms with Crippen molar-refractivity contribution in [3.63, 3.8) is 0 Å². The Bertz CT molecular complexity index is 893. The molecule has 0 unspecified atom stereocenters. The molecule has 3 rings (SSSR count). The third kappa shape index (κ3) is 2.50. The number of fused-ring (bicyclic) bond motifs is 2. The second-order valence-electron chi connectivity index (χ2n) is 5.18. The molecular weight excluding hydrogens is 346 g/mol. The molecule has 1 heterocycles. The zero-order chi connectivity index (χ0) is 15.9. The van der Waals surface area contributed by atoms with Gasteiger partial charge in [-0.2, -0.15) is 0 Å². The smallest absolute Gasteiger partial charge is 0.408 e. The highest BCUT2D eigenvalue weighted by Gasteiger charge is 2.17. The van der Waals surface area contributed by atoms with E-state index in [1.807, 2.05) is 37.3 Å². The minimum atomic E-state index is -0.443. The molecule has 2 aromatic carbocycles. The molecule has 0 N–H and O–H groups in total. The molecule has 0 aliphatic heterocycles. The van der Waals surface area contributed by atoms with E-state index in [2.05, 4.69) is 25.9 Å². The van der Waals surface area contributed by atoms with Gasteiger partial charge in [0.1, 0.15) is 11.0 Å². The molecule has 0 spiro atoms. The molecule has 22 heavy (non-hydrogen) atoms. The lowest BCUT2D eigenvalue weighted by molar-refractivity contribution is 0.172. The van der Waals surface area contributed by atoms with Gasteiger partial charge in [0.2, 0.25) is 0 Å². The molecule has 112 valence electrons. The SMILES string of the molecule is Cc1cc(Br)c2nc3ccccc3nc2c1OC(=O)N(C)C. The van der Waals surface area contributed by atoms with Crippen molar-refractivity contribution >= 4 is 44.1 Å². The Kier molecular flexibility index (Phi) is 3.70. The number of benzene rings is 2. The summed E-state index contributed by atoms with van der Waals surface area (Å²) in [6.07, 6.45) is -0.443. The quantitative estimate of drug-likeness (QED) is 0.618. The van der Waals surface area contributed by atoms with E-state index in [9.17, 15) is 4.79 Å². The van der Waals surface area contributed by atoms with E-state index in [1.165, 1.54) is 4.90 Å². The number of aryl methyl sites for hydroxylation is 1. The summed E-state index contributed by atoms with van der Waals surface area (Å²) in [5.41, 5.74) is 3.62. The average Bonchev–Trinajstić information content (AvgIpc) is 2.49. The fraction of sp³-hybridized carbons (Fsp3) is 0.188. The van der Waals surface area contributed by atoms with Gasteiger partial charge >= 0.3 is 6.09 Å². The molecular formula is C16H14BrN3O2. The van der Waals surface area contributed by atoms with Crippen molar-refractivity contribution in [1.29, 1.82) is 0 Å². The van der Waals surface area contributed by atoms with E-state index in [1.54, 1.807) is 14.1 Å². The number of carbonyl (C=O) groups excluding carboxylic acids is 1. The first-order valence-corrected chi connectivity index (χ1v) is 7.51. The topological polar surface area (TPSA) is 55.3 Å². The summed E-state index contributed by atoms with van der Waals surface area (Å²) >= 11 is 3.51. The maximum Gasteiger partial charge on any atom is 0.414 e. The van der Waals surface area contributed by atoms with Crippen molar-refractivity contribution < 1.29 is 9.53 Å². The second-order valence-corrected chi connectivity index (χ2v) is 6.03. The number of aromatic nitrogens is 2. The van der Waals surface area contributed by atoms with Crippen LogP contribution in [0.3, 0.4) is 0 Å².